The molecule has 2 N–H and O–H groups in total. The highest BCUT2D eigenvalue weighted by Gasteiger charge is 2.17. The Morgan fingerprint density at radius 2 is 2.13 bits per heavy atom. The van der Waals surface area contributed by atoms with Crippen LogP contribution in [-0.4, -0.2) is 35.1 Å². The van der Waals surface area contributed by atoms with E-state index in [2.05, 4.69) is 20.6 Å². The molecule has 120 valence electrons. The molecule has 0 spiro atoms. The molecule has 1 saturated heterocycles. The van der Waals surface area contributed by atoms with Crippen molar-refractivity contribution in [2.24, 2.45) is 0 Å². The molecule has 2 aromatic rings. The summed E-state index contributed by atoms with van der Waals surface area (Å²) < 4.78 is 5.49. The molecule has 23 heavy (non-hydrogen) atoms. The molecule has 1 aromatic carbocycles. The Kier molecular flexibility index (Phi) is 5.16. The molecular formula is C17H20N4O2. The number of hydrogen-bond donors (Lipinski definition) is 2. The summed E-state index contributed by atoms with van der Waals surface area (Å²) in [5.74, 6) is 0.428. The van der Waals surface area contributed by atoms with Crippen molar-refractivity contribution in [3.05, 3.63) is 54.0 Å². The summed E-state index contributed by atoms with van der Waals surface area (Å²) in [5.41, 5.74) is 1.50. The number of ether oxygens (including phenoxy) is 1. The lowest BCUT2D eigenvalue weighted by atomic mass is 10.2. The van der Waals surface area contributed by atoms with Gasteiger partial charge in [-0.25, -0.2) is 9.97 Å². The zero-order valence-electron chi connectivity index (χ0n) is 12.9. The number of nitrogens with one attached hydrogen (secondary N) is 2. The van der Waals surface area contributed by atoms with E-state index in [0.29, 0.717) is 24.6 Å². The summed E-state index contributed by atoms with van der Waals surface area (Å²) >= 11 is 0. The van der Waals surface area contributed by atoms with E-state index in [0.717, 1.165) is 25.0 Å². The van der Waals surface area contributed by atoms with Crippen molar-refractivity contribution in [3.63, 3.8) is 0 Å². The van der Waals surface area contributed by atoms with Gasteiger partial charge in [0.2, 0.25) is 0 Å². The smallest absolute Gasteiger partial charge is 0.270 e. The Bertz CT molecular complexity index is 642. The molecule has 1 aromatic heterocycles. The average molecular weight is 312 g/mol. The quantitative estimate of drug-likeness (QED) is 0.853. The van der Waals surface area contributed by atoms with Crippen molar-refractivity contribution < 1.29 is 9.53 Å². The molecule has 6 nitrogen and oxygen atoms in total. The lowest BCUT2D eigenvalue weighted by Gasteiger charge is -2.11. The fourth-order valence-corrected chi connectivity index (χ4v) is 2.47. The van der Waals surface area contributed by atoms with Crippen LogP contribution in [0.1, 0.15) is 28.9 Å². The van der Waals surface area contributed by atoms with Crippen LogP contribution in [0.15, 0.2) is 42.7 Å². The predicted molar refractivity (Wildman–Crippen MR) is 87.1 cm³/mol. The SMILES string of the molecule is O=C(NCC1CCCO1)c1cc(NCc2ccccc2)ncn1. The Hall–Kier alpha value is -2.47. The van der Waals surface area contributed by atoms with E-state index < -0.39 is 0 Å². The van der Waals surface area contributed by atoms with Crippen molar-refractivity contribution in [1.82, 2.24) is 15.3 Å². The Morgan fingerprint density at radius 1 is 1.26 bits per heavy atom. The maximum absolute atomic E-state index is 12.1. The van der Waals surface area contributed by atoms with Gasteiger partial charge in [0, 0.05) is 25.8 Å². The van der Waals surface area contributed by atoms with Crippen LogP contribution in [0.5, 0.6) is 0 Å². The number of amides is 1. The first-order valence-electron chi connectivity index (χ1n) is 7.81. The van der Waals surface area contributed by atoms with Gasteiger partial charge in [-0.2, -0.15) is 0 Å². The number of nitrogens with zero attached hydrogens (tertiary/aromatic N) is 2. The standard InChI is InChI=1S/C17H20N4O2/c22-17(19-11-14-7-4-8-23-14)15-9-16(21-12-20-15)18-10-13-5-2-1-3-6-13/h1-3,5-6,9,12,14H,4,7-8,10-11H2,(H,19,22)(H,18,20,21). The maximum Gasteiger partial charge on any atom is 0.270 e. The fourth-order valence-electron chi connectivity index (χ4n) is 2.47. The van der Waals surface area contributed by atoms with E-state index in [1.165, 1.54) is 6.33 Å². The van der Waals surface area contributed by atoms with Crippen LogP contribution in [0.3, 0.4) is 0 Å². The molecule has 0 aliphatic carbocycles. The van der Waals surface area contributed by atoms with Gasteiger partial charge < -0.3 is 15.4 Å². The number of hydrogen-bond acceptors (Lipinski definition) is 5. The molecule has 6 heteroatoms. The van der Waals surface area contributed by atoms with Gasteiger partial charge >= 0.3 is 0 Å². The van der Waals surface area contributed by atoms with Crippen molar-refractivity contribution in [2.75, 3.05) is 18.5 Å². The third-order valence-corrected chi connectivity index (χ3v) is 3.73. The second-order valence-corrected chi connectivity index (χ2v) is 5.47. The first-order chi connectivity index (χ1) is 11.3. The lowest BCUT2D eigenvalue weighted by molar-refractivity contribution is 0.0853. The largest absolute Gasteiger partial charge is 0.376 e. The molecule has 0 bridgehead atoms. The fraction of sp³-hybridized carbons (Fsp3) is 0.353. The van der Waals surface area contributed by atoms with Gasteiger partial charge in [0.25, 0.3) is 5.91 Å². The summed E-state index contributed by atoms with van der Waals surface area (Å²) in [6.07, 6.45) is 3.57. The first-order valence-corrected chi connectivity index (χ1v) is 7.81. The molecule has 1 atom stereocenters. The van der Waals surface area contributed by atoms with Gasteiger partial charge in [0.05, 0.1) is 6.10 Å². The maximum atomic E-state index is 12.1. The van der Waals surface area contributed by atoms with Gasteiger partial charge in [-0.1, -0.05) is 30.3 Å². The molecule has 1 fully saturated rings. The van der Waals surface area contributed by atoms with Gasteiger partial charge in [-0.3, -0.25) is 4.79 Å². The van der Waals surface area contributed by atoms with E-state index in [1.807, 2.05) is 30.3 Å². The van der Waals surface area contributed by atoms with Crippen molar-refractivity contribution >= 4 is 11.7 Å². The number of aromatic nitrogens is 2. The summed E-state index contributed by atoms with van der Waals surface area (Å²) in [6.45, 7) is 1.95. The van der Waals surface area contributed by atoms with Crippen LogP contribution in [0.25, 0.3) is 0 Å². The van der Waals surface area contributed by atoms with Gasteiger partial charge in [0.1, 0.15) is 17.8 Å². The lowest BCUT2D eigenvalue weighted by Crippen LogP contribution is -2.32. The van der Waals surface area contributed by atoms with Crippen molar-refractivity contribution in [3.8, 4) is 0 Å². The third kappa shape index (κ3) is 4.50. The number of anilines is 1. The average Bonchev–Trinajstić information content (AvgIpc) is 3.12. The van der Waals surface area contributed by atoms with Crippen LogP contribution < -0.4 is 10.6 Å². The van der Waals surface area contributed by atoms with E-state index in [9.17, 15) is 4.79 Å². The van der Waals surface area contributed by atoms with Crippen molar-refractivity contribution in [2.45, 2.75) is 25.5 Å². The van der Waals surface area contributed by atoms with Gasteiger partial charge in [0.15, 0.2) is 0 Å². The summed E-state index contributed by atoms with van der Waals surface area (Å²) in [4.78, 5) is 20.3. The molecule has 1 unspecified atom stereocenters. The minimum Gasteiger partial charge on any atom is -0.376 e. The topological polar surface area (TPSA) is 76.1 Å². The number of carbonyl (C=O) groups excluding carboxylic acids is 1. The molecule has 2 heterocycles. The zero-order chi connectivity index (χ0) is 15.9. The minimum absolute atomic E-state index is 0.122. The minimum atomic E-state index is -0.203. The van der Waals surface area contributed by atoms with Crippen molar-refractivity contribution in [1.29, 1.82) is 0 Å². The molecule has 1 aliphatic rings. The second-order valence-electron chi connectivity index (χ2n) is 5.47. The monoisotopic (exact) mass is 312 g/mol. The van der Waals surface area contributed by atoms with Crippen LogP contribution >= 0.6 is 0 Å². The van der Waals surface area contributed by atoms with E-state index >= 15 is 0 Å². The van der Waals surface area contributed by atoms with Crippen LogP contribution in [-0.2, 0) is 11.3 Å². The third-order valence-electron chi connectivity index (χ3n) is 3.73. The molecule has 0 saturated carbocycles. The van der Waals surface area contributed by atoms with Gasteiger partial charge in [-0.05, 0) is 18.4 Å². The highest BCUT2D eigenvalue weighted by atomic mass is 16.5. The molecule has 0 radical (unpaired) electrons. The molecule has 1 amide bonds. The second kappa shape index (κ2) is 7.69. The summed E-state index contributed by atoms with van der Waals surface area (Å²) in [5, 5.41) is 6.06. The molecule has 3 rings (SSSR count). The first kappa shape index (κ1) is 15.4. The van der Waals surface area contributed by atoms with Gasteiger partial charge in [-0.15, -0.1) is 0 Å². The zero-order valence-corrected chi connectivity index (χ0v) is 12.9. The Morgan fingerprint density at radius 3 is 2.91 bits per heavy atom. The molecular weight excluding hydrogens is 292 g/mol. The van der Waals surface area contributed by atoms with E-state index in [1.54, 1.807) is 6.07 Å². The predicted octanol–water partition coefficient (Wildman–Crippen LogP) is 2.00. The van der Waals surface area contributed by atoms with E-state index in [-0.39, 0.29) is 12.0 Å². The summed E-state index contributed by atoms with van der Waals surface area (Å²) in [6, 6.07) is 11.7. The highest BCUT2D eigenvalue weighted by Crippen LogP contribution is 2.11. The van der Waals surface area contributed by atoms with Crippen LogP contribution in [0.4, 0.5) is 5.82 Å². The Labute approximate surface area is 135 Å². The number of rotatable bonds is 6. The highest BCUT2D eigenvalue weighted by molar-refractivity contribution is 5.92. The van der Waals surface area contributed by atoms with E-state index in [4.69, 9.17) is 4.74 Å². The normalized spacial score (nSPS) is 17.0. The molecule has 1 aliphatic heterocycles. The Balaban J connectivity index is 1.54. The summed E-state index contributed by atoms with van der Waals surface area (Å²) in [7, 11) is 0. The number of benzene rings is 1. The number of carbonyl (C=O) groups is 1. The van der Waals surface area contributed by atoms with Crippen LogP contribution in [0.2, 0.25) is 0 Å². The van der Waals surface area contributed by atoms with Crippen LogP contribution in [0, 0.1) is 0 Å².